The van der Waals surface area contributed by atoms with Crippen molar-refractivity contribution in [2.24, 2.45) is 22.9 Å². The van der Waals surface area contributed by atoms with E-state index >= 15 is 0 Å². The summed E-state index contributed by atoms with van der Waals surface area (Å²) in [6.45, 7) is 6.53. The molecule has 0 radical (unpaired) electrons. The molecule has 14 nitrogen and oxygen atoms in total. The van der Waals surface area contributed by atoms with Gasteiger partial charge in [-0.25, -0.2) is 9.59 Å². The average molecular weight is 718 g/mol. The van der Waals surface area contributed by atoms with Gasteiger partial charge < -0.3 is 49.2 Å². The number of amides is 2. The fourth-order valence-electron chi connectivity index (χ4n) is 7.93. The Kier molecular flexibility index (Phi) is 15.6. The predicted octanol–water partition coefficient (Wildman–Crippen LogP) is 4.14. The van der Waals surface area contributed by atoms with Crippen molar-refractivity contribution in [1.29, 1.82) is 0 Å². The van der Waals surface area contributed by atoms with Gasteiger partial charge >= 0.3 is 12.2 Å². The Labute approximate surface area is 300 Å². The van der Waals surface area contributed by atoms with E-state index in [4.69, 9.17) is 28.5 Å². The largest absolute Gasteiger partial charge is 0.459 e. The van der Waals surface area contributed by atoms with E-state index in [1.54, 1.807) is 18.2 Å². The summed E-state index contributed by atoms with van der Waals surface area (Å²) < 4.78 is 30.5. The summed E-state index contributed by atoms with van der Waals surface area (Å²) in [5.41, 5.74) is 2.32. The van der Waals surface area contributed by atoms with E-state index in [0.29, 0.717) is 36.6 Å². The molecule has 2 aliphatic carbocycles. The number of carbonyl (C=O) groups excluding carboxylic acids is 2. The molecule has 1 fully saturated rings. The lowest BCUT2D eigenvalue weighted by Gasteiger charge is -2.59. The maximum Gasteiger partial charge on any atom is 0.412 e. The molecule has 6 atom stereocenters. The fraction of sp³-hybridized carbons (Fsp3) is 0.649. The molecule has 0 unspecified atom stereocenters. The highest BCUT2D eigenvalue weighted by Gasteiger charge is 2.65. The first-order valence-electron chi connectivity index (χ1n) is 17.9. The van der Waals surface area contributed by atoms with Crippen LogP contribution in [0.5, 0.6) is 11.5 Å². The van der Waals surface area contributed by atoms with Gasteiger partial charge in [-0.1, -0.05) is 30.1 Å². The molecule has 14 heteroatoms. The van der Waals surface area contributed by atoms with Crippen molar-refractivity contribution in [3.05, 3.63) is 48.1 Å². The molecule has 0 bridgehead atoms. The molecule has 4 N–H and O–H groups in total. The first-order valence-corrected chi connectivity index (χ1v) is 17.9. The Balaban J connectivity index is 2.00. The second-order valence-corrected chi connectivity index (χ2v) is 12.9. The van der Waals surface area contributed by atoms with Crippen LogP contribution >= 0.6 is 0 Å². The van der Waals surface area contributed by atoms with E-state index < -0.39 is 29.9 Å². The van der Waals surface area contributed by atoms with E-state index in [0.717, 1.165) is 36.8 Å². The van der Waals surface area contributed by atoms with Crippen LogP contribution in [0.3, 0.4) is 0 Å². The van der Waals surface area contributed by atoms with Crippen molar-refractivity contribution in [3.63, 3.8) is 0 Å². The highest BCUT2D eigenvalue weighted by molar-refractivity contribution is 6.03. The van der Waals surface area contributed by atoms with Gasteiger partial charge in [-0.15, -0.1) is 6.58 Å². The van der Waals surface area contributed by atoms with Crippen molar-refractivity contribution in [2.75, 3.05) is 67.0 Å². The zero-order chi connectivity index (χ0) is 36.8. The van der Waals surface area contributed by atoms with E-state index in [1.165, 1.54) is 19.1 Å². The highest BCUT2D eigenvalue weighted by atomic mass is 16.7. The van der Waals surface area contributed by atoms with Crippen LogP contribution in [0.4, 0.5) is 9.59 Å². The topological polar surface area (TPSA) is 178 Å². The minimum atomic E-state index is -1.47. The Hall–Kier alpha value is -3.69. The third-order valence-electron chi connectivity index (χ3n) is 9.88. The standard InChI is InChI=1S/C37H55N3O11/c1-5-19-49-37-32(40(36(45)46-3)15-20-48-21-18-43)24-30(39-47-4)28-22-25(11-7-9-16-41)27(12-8-10-17-42)33(34(28)37)29-23-26(13-14-31(29)51-37)50-35(44)38-6-2/h5,13-14,22-23,25,27,32-34,41-43H,1,6-12,15-21,24H2,2-4H3,(H,38,44)/t25-,27+,32-,33+,34+,37+/m0/s1. The van der Waals surface area contributed by atoms with Gasteiger partial charge in [0.2, 0.25) is 5.79 Å². The van der Waals surface area contributed by atoms with Gasteiger partial charge in [0.1, 0.15) is 24.7 Å². The molecule has 1 heterocycles. The van der Waals surface area contributed by atoms with Gasteiger partial charge in [-0.05, 0) is 68.2 Å². The van der Waals surface area contributed by atoms with Gasteiger partial charge in [0, 0.05) is 44.2 Å². The number of methoxy groups -OCH3 is 1. The number of nitrogens with zero attached hydrogens (tertiary/aromatic N) is 2. The molecule has 2 amide bonds. The minimum Gasteiger partial charge on any atom is -0.459 e. The maximum absolute atomic E-state index is 13.6. The van der Waals surface area contributed by atoms with Crippen molar-refractivity contribution in [2.45, 2.75) is 69.6 Å². The summed E-state index contributed by atoms with van der Waals surface area (Å²) in [6.07, 6.45) is 7.25. The predicted molar refractivity (Wildman–Crippen MR) is 189 cm³/mol. The molecule has 1 saturated carbocycles. The van der Waals surface area contributed by atoms with Crippen molar-refractivity contribution in [1.82, 2.24) is 10.2 Å². The number of oxime groups is 1. The first-order chi connectivity index (χ1) is 24.8. The number of unbranched alkanes of at least 4 members (excludes halogenated alkanes) is 2. The molecule has 1 aromatic rings. The summed E-state index contributed by atoms with van der Waals surface area (Å²) >= 11 is 0. The number of hydrogen-bond donors (Lipinski definition) is 4. The van der Waals surface area contributed by atoms with Crippen LogP contribution in [0.2, 0.25) is 0 Å². The number of nitrogens with one attached hydrogen (secondary N) is 1. The van der Waals surface area contributed by atoms with Gasteiger partial charge in [0.25, 0.3) is 0 Å². The monoisotopic (exact) mass is 717 g/mol. The van der Waals surface area contributed by atoms with E-state index in [-0.39, 0.29) is 70.4 Å². The molecule has 4 rings (SSSR count). The maximum atomic E-state index is 13.6. The third-order valence-corrected chi connectivity index (χ3v) is 9.88. The van der Waals surface area contributed by atoms with Crippen LogP contribution in [0.1, 0.15) is 63.4 Å². The molecular weight excluding hydrogens is 662 g/mol. The summed E-state index contributed by atoms with van der Waals surface area (Å²) in [5.74, 6) is -1.38. The molecule has 0 aromatic heterocycles. The number of carbonyl (C=O) groups is 2. The van der Waals surface area contributed by atoms with Gasteiger partial charge in [0.05, 0.1) is 45.2 Å². The molecule has 51 heavy (non-hydrogen) atoms. The van der Waals surface area contributed by atoms with Gasteiger partial charge in [0.15, 0.2) is 0 Å². The SMILES string of the molecule is C=CCO[C@@]12Oc3ccc(OC(=O)NCC)cc3[C@H]3[C@H](CCCCO)[C@@H](CCCCO)C=C(C(=NOC)C[C@@H]1N(CCOCCO)C(=O)OC)[C@H]32. The van der Waals surface area contributed by atoms with Gasteiger partial charge in [-0.3, -0.25) is 4.90 Å². The van der Waals surface area contributed by atoms with Gasteiger partial charge in [-0.2, -0.15) is 0 Å². The molecule has 0 spiro atoms. The number of benzene rings is 1. The van der Waals surface area contributed by atoms with Crippen molar-refractivity contribution in [3.8, 4) is 11.5 Å². The average Bonchev–Trinajstić information content (AvgIpc) is 3.13. The second-order valence-electron chi connectivity index (χ2n) is 12.9. The Morgan fingerprint density at radius 3 is 2.53 bits per heavy atom. The van der Waals surface area contributed by atoms with Crippen molar-refractivity contribution < 1.29 is 53.4 Å². The van der Waals surface area contributed by atoms with E-state index in [9.17, 15) is 24.9 Å². The quantitative estimate of drug-likeness (QED) is 0.0866. The Bertz CT molecular complexity index is 1370. The molecule has 284 valence electrons. The lowest BCUT2D eigenvalue weighted by atomic mass is 9.55. The number of ether oxygens (including phenoxy) is 5. The molecule has 1 aromatic carbocycles. The van der Waals surface area contributed by atoms with Crippen LogP contribution < -0.4 is 14.8 Å². The zero-order valence-corrected chi connectivity index (χ0v) is 30.1. The lowest BCUT2D eigenvalue weighted by Crippen LogP contribution is -2.70. The Morgan fingerprint density at radius 2 is 1.86 bits per heavy atom. The van der Waals surface area contributed by atoms with Crippen molar-refractivity contribution >= 4 is 17.9 Å². The van der Waals surface area contributed by atoms with Crippen LogP contribution in [0, 0.1) is 17.8 Å². The third kappa shape index (κ3) is 9.22. The Morgan fingerprint density at radius 1 is 1.10 bits per heavy atom. The van der Waals surface area contributed by atoms with E-state index in [2.05, 4.69) is 23.1 Å². The number of rotatable bonds is 20. The highest BCUT2D eigenvalue weighted by Crippen LogP contribution is 2.61. The number of aliphatic hydroxyl groups is 3. The summed E-state index contributed by atoms with van der Waals surface area (Å²) in [6, 6.07) is 4.50. The fourth-order valence-corrected chi connectivity index (χ4v) is 7.93. The summed E-state index contributed by atoms with van der Waals surface area (Å²) in [4.78, 5) is 33.1. The molecule has 3 aliphatic rings. The van der Waals surface area contributed by atoms with Crippen LogP contribution in [0.25, 0.3) is 0 Å². The van der Waals surface area contributed by atoms with Crippen LogP contribution in [-0.2, 0) is 19.0 Å². The molecule has 1 aliphatic heterocycles. The number of fused-ring (bicyclic) bond motifs is 2. The molecule has 0 saturated heterocycles. The smallest absolute Gasteiger partial charge is 0.412 e. The first kappa shape index (κ1) is 40.1. The van der Waals surface area contributed by atoms with Crippen LogP contribution in [0.15, 0.2) is 47.7 Å². The lowest BCUT2D eigenvalue weighted by molar-refractivity contribution is -0.255. The number of aliphatic hydroxyl groups excluding tert-OH is 3. The summed E-state index contributed by atoms with van der Waals surface area (Å²) in [7, 11) is 2.79. The minimum absolute atomic E-state index is 0.0000708. The number of hydrogen-bond acceptors (Lipinski definition) is 12. The normalized spacial score (nSPS) is 25.5. The van der Waals surface area contributed by atoms with Crippen LogP contribution in [-0.4, -0.2) is 117 Å². The molecular formula is C37H55N3O11. The zero-order valence-electron chi connectivity index (χ0n) is 30.1. The number of allylic oxidation sites excluding steroid dienone is 1. The summed E-state index contributed by atoms with van der Waals surface area (Å²) in [5, 5.41) is 36.0. The van der Waals surface area contributed by atoms with E-state index in [1.807, 2.05) is 13.0 Å². The second kappa shape index (κ2) is 19.8.